The molecule has 1 amide bonds. The van der Waals surface area contributed by atoms with Gasteiger partial charge in [0.15, 0.2) is 15.0 Å². The lowest BCUT2D eigenvalue weighted by atomic mass is 10.2. The van der Waals surface area contributed by atoms with E-state index in [-0.39, 0.29) is 29.2 Å². The lowest BCUT2D eigenvalue weighted by Gasteiger charge is -2.27. The van der Waals surface area contributed by atoms with Gasteiger partial charge in [-0.15, -0.1) is 0 Å². The quantitative estimate of drug-likeness (QED) is 0.522. The number of nitrogens with zero attached hydrogens (tertiary/aromatic N) is 3. The maximum atomic E-state index is 13.0. The Balaban J connectivity index is 1.58. The largest absolute Gasteiger partial charge is 0.338 e. The van der Waals surface area contributed by atoms with Gasteiger partial charge in [-0.3, -0.25) is 9.36 Å². The Bertz CT molecular complexity index is 1140. The molecule has 0 saturated carbocycles. The Kier molecular flexibility index (Phi) is 6.15. The van der Waals surface area contributed by atoms with E-state index in [0.717, 1.165) is 28.3 Å². The maximum absolute atomic E-state index is 13.0. The van der Waals surface area contributed by atoms with Crippen molar-refractivity contribution in [3.05, 3.63) is 54.6 Å². The highest BCUT2D eigenvalue weighted by atomic mass is 32.2. The van der Waals surface area contributed by atoms with Gasteiger partial charge in [0.2, 0.25) is 5.91 Å². The SMILES string of the molecule is CCCN(C(=O)CSc1nc2ccccc2n1-c1ccccc1)[C@H]1CCS(=O)(=O)C1. The Hall–Kier alpha value is -2.32. The van der Waals surface area contributed by atoms with E-state index in [9.17, 15) is 13.2 Å². The summed E-state index contributed by atoms with van der Waals surface area (Å²) in [7, 11) is -3.04. The summed E-state index contributed by atoms with van der Waals surface area (Å²) in [5.41, 5.74) is 2.86. The minimum atomic E-state index is -3.04. The molecule has 0 N–H and O–H groups in total. The highest BCUT2D eigenvalue weighted by Gasteiger charge is 2.34. The van der Waals surface area contributed by atoms with Crippen molar-refractivity contribution >= 4 is 38.5 Å². The molecule has 1 aliphatic heterocycles. The van der Waals surface area contributed by atoms with Crippen LogP contribution in [0.25, 0.3) is 16.7 Å². The van der Waals surface area contributed by atoms with Gasteiger partial charge in [0, 0.05) is 18.3 Å². The number of benzene rings is 2. The molecule has 8 heteroatoms. The van der Waals surface area contributed by atoms with Crippen molar-refractivity contribution in [2.24, 2.45) is 0 Å². The van der Waals surface area contributed by atoms with E-state index >= 15 is 0 Å². The van der Waals surface area contributed by atoms with Crippen LogP contribution in [0.2, 0.25) is 0 Å². The lowest BCUT2D eigenvalue weighted by molar-refractivity contribution is -0.130. The Morgan fingerprint density at radius 1 is 1.17 bits per heavy atom. The number of hydrogen-bond acceptors (Lipinski definition) is 5. The molecular weight excluding hydrogens is 418 g/mol. The third-order valence-corrected chi connectivity index (χ3v) is 7.98. The number of amides is 1. The molecule has 1 aromatic heterocycles. The first-order valence-electron chi connectivity index (χ1n) is 10.1. The fourth-order valence-electron chi connectivity index (χ4n) is 3.91. The number of imidazole rings is 1. The van der Waals surface area contributed by atoms with E-state index in [2.05, 4.69) is 4.57 Å². The van der Waals surface area contributed by atoms with Crippen LogP contribution < -0.4 is 0 Å². The summed E-state index contributed by atoms with van der Waals surface area (Å²) >= 11 is 1.40. The van der Waals surface area contributed by atoms with Crippen molar-refractivity contribution in [1.29, 1.82) is 0 Å². The third-order valence-electron chi connectivity index (χ3n) is 5.30. The van der Waals surface area contributed by atoms with Crippen LogP contribution in [0.5, 0.6) is 0 Å². The van der Waals surface area contributed by atoms with Crippen LogP contribution in [0.1, 0.15) is 19.8 Å². The Morgan fingerprint density at radius 2 is 1.90 bits per heavy atom. The number of sulfone groups is 1. The van der Waals surface area contributed by atoms with E-state index in [1.807, 2.05) is 61.5 Å². The summed E-state index contributed by atoms with van der Waals surface area (Å²) in [6, 6.07) is 17.7. The third kappa shape index (κ3) is 4.39. The van der Waals surface area contributed by atoms with Crippen molar-refractivity contribution in [3.8, 4) is 5.69 Å². The number of para-hydroxylation sites is 3. The summed E-state index contributed by atoms with van der Waals surface area (Å²) < 4.78 is 25.9. The molecular formula is C22H25N3O3S2. The van der Waals surface area contributed by atoms with Crippen molar-refractivity contribution in [3.63, 3.8) is 0 Å². The van der Waals surface area contributed by atoms with Crippen molar-refractivity contribution in [2.75, 3.05) is 23.8 Å². The smallest absolute Gasteiger partial charge is 0.233 e. The summed E-state index contributed by atoms with van der Waals surface area (Å²) in [6.45, 7) is 2.58. The fourth-order valence-corrected chi connectivity index (χ4v) is 6.55. The van der Waals surface area contributed by atoms with Gasteiger partial charge >= 0.3 is 0 Å². The van der Waals surface area contributed by atoms with E-state index in [0.29, 0.717) is 13.0 Å². The van der Waals surface area contributed by atoms with E-state index in [4.69, 9.17) is 4.98 Å². The highest BCUT2D eigenvalue weighted by Crippen LogP contribution is 2.28. The van der Waals surface area contributed by atoms with Crippen molar-refractivity contribution in [1.82, 2.24) is 14.5 Å². The van der Waals surface area contributed by atoms with Gasteiger partial charge in [0.25, 0.3) is 0 Å². The minimum absolute atomic E-state index is 0.0318. The molecule has 0 bridgehead atoms. The lowest BCUT2D eigenvalue weighted by Crippen LogP contribution is -2.42. The number of hydrogen-bond donors (Lipinski definition) is 0. The zero-order valence-electron chi connectivity index (χ0n) is 16.9. The van der Waals surface area contributed by atoms with Crippen LogP contribution >= 0.6 is 11.8 Å². The Labute approximate surface area is 181 Å². The van der Waals surface area contributed by atoms with E-state index < -0.39 is 9.84 Å². The zero-order chi connectivity index (χ0) is 21.1. The van der Waals surface area contributed by atoms with Gasteiger partial charge in [0.1, 0.15) is 0 Å². The topological polar surface area (TPSA) is 72.3 Å². The average Bonchev–Trinajstić information content (AvgIpc) is 3.30. The predicted molar refractivity (Wildman–Crippen MR) is 121 cm³/mol. The molecule has 0 aliphatic carbocycles. The summed E-state index contributed by atoms with van der Waals surface area (Å²) in [5.74, 6) is 0.441. The number of carbonyl (C=O) groups is 1. The second kappa shape index (κ2) is 8.81. The number of thioether (sulfide) groups is 1. The summed E-state index contributed by atoms with van der Waals surface area (Å²) in [5, 5.41) is 0.756. The summed E-state index contributed by atoms with van der Waals surface area (Å²) in [4.78, 5) is 19.5. The van der Waals surface area contributed by atoms with Crippen LogP contribution in [0.3, 0.4) is 0 Å². The van der Waals surface area contributed by atoms with Gasteiger partial charge in [-0.05, 0) is 37.1 Å². The molecule has 2 aromatic carbocycles. The number of fused-ring (bicyclic) bond motifs is 1. The molecule has 1 aliphatic rings. The molecule has 1 fully saturated rings. The van der Waals surface area contributed by atoms with Crippen LogP contribution in [-0.4, -0.2) is 58.6 Å². The standard InChI is InChI=1S/C22H25N3O3S2/c1-2-13-24(18-12-14-30(27,28)16-18)21(26)15-29-22-23-19-10-6-7-11-20(19)25(22)17-8-4-3-5-9-17/h3-11,18H,2,12-16H2,1H3/t18-/m0/s1. The second-order valence-corrected chi connectivity index (χ2v) is 10.7. The normalized spacial score (nSPS) is 18.0. The predicted octanol–water partition coefficient (Wildman–Crippen LogP) is 3.54. The van der Waals surface area contributed by atoms with Gasteiger partial charge < -0.3 is 4.90 Å². The first kappa shape index (κ1) is 20.9. The van der Waals surface area contributed by atoms with Crippen LogP contribution in [0, 0.1) is 0 Å². The Morgan fingerprint density at radius 3 is 2.60 bits per heavy atom. The number of carbonyl (C=O) groups excluding carboxylic acids is 1. The zero-order valence-corrected chi connectivity index (χ0v) is 18.5. The number of rotatable bonds is 7. The van der Waals surface area contributed by atoms with Crippen LogP contribution in [0.15, 0.2) is 59.8 Å². The summed E-state index contributed by atoms with van der Waals surface area (Å²) in [6.07, 6.45) is 1.33. The highest BCUT2D eigenvalue weighted by molar-refractivity contribution is 7.99. The molecule has 3 aromatic rings. The van der Waals surface area contributed by atoms with Gasteiger partial charge in [-0.1, -0.05) is 49.0 Å². The molecule has 2 heterocycles. The van der Waals surface area contributed by atoms with Gasteiger partial charge in [-0.25, -0.2) is 13.4 Å². The van der Waals surface area contributed by atoms with Crippen LogP contribution in [-0.2, 0) is 14.6 Å². The molecule has 4 rings (SSSR count). The molecule has 1 atom stereocenters. The monoisotopic (exact) mass is 443 g/mol. The molecule has 158 valence electrons. The second-order valence-electron chi connectivity index (χ2n) is 7.49. The fraction of sp³-hybridized carbons (Fsp3) is 0.364. The molecule has 0 radical (unpaired) electrons. The van der Waals surface area contributed by atoms with Crippen molar-refractivity contribution < 1.29 is 13.2 Å². The molecule has 30 heavy (non-hydrogen) atoms. The van der Waals surface area contributed by atoms with Crippen molar-refractivity contribution in [2.45, 2.75) is 31.0 Å². The van der Waals surface area contributed by atoms with Gasteiger partial charge in [0.05, 0.1) is 28.3 Å². The van der Waals surface area contributed by atoms with Gasteiger partial charge in [-0.2, -0.15) is 0 Å². The molecule has 1 saturated heterocycles. The minimum Gasteiger partial charge on any atom is -0.338 e. The number of aromatic nitrogens is 2. The first-order valence-corrected chi connectivity index (χ1v) is 12.9. The van der Waals surface area contributed by atoms with E-state index in [1.54, 1.807) is 4.90 Å². The first-order chi connectivity index (χ1) is 14.5. The molecule has 6 nitrogen and oxygen atoms in total. The molecule has 0 spiro atoms. The van der Waals surface area contributed by atoms with Crippen LogP contribution in [0.4, 0.5) is 0 Å². The maximum Gasteiger partial charge on any atom is 0.233 e. The average molecular weight is 444 g/mol. The molecule has 0 unspecified atom stereocenters. The van der Waals surface area contributed by atoms with E-state index in [1.165, 1.54) is 11.8 Å².